The monoisotopic (exact) mass is 359 g/mol. The molecular formula is C13H18IN3O. The number of hydrogen-bond donors (Lipinski definition) is 2. The van der Waals surface area contributed by atoms with E-state index in [-0.39, 0.29) is 5.91 Å². The number of benzene rings is 1. The maximum absolute atomic E-state index is 11.8. The molecule has 5 heteroatoms. The third-order valence-electron chi connectivity index (χ3n) is 3.13. The molecule has 0 saturated carbocycles. The van der Waals surface area contributed by atoms with Crippen molar-refractivity contribution in [1.29, 1.82) is 0 Å². The fourth-order valence-electron chi connectivity index (χ4n) is 2.12. The summed E-state index contributed by atoms with van der Waals surface area (Å²) < 4.78 is 1.11. The van der Waals surface area contributed by atoms with Gasteiger partial charge in [0, 0.05) is 29.6 Å². The third-order valence-corrected chi connectivity index (χ3v) is 3.80. The van der Waals surface area contributed by atoms with E-state index in [2.05, 4.69) is 27.9 Å². The topological polar surface area (TPSA) is 58.4 Å². The van der Waals surface area contributed by atoms with Crippen LogP contribution in [0.2, 0.25) is 0 Å². The van der Waals surface area contributed by atoms with Crippen LogP contribution in [-0.4, -0.2) is 30.4 Å². The molecule has 0 bridgehead atoms. The van der Waals surface area contributed by atoms with Gasteiger partial charge in [-0.1, -0.05) is 0 Å². The van der Waals surface area contributed by atoms with E-state index < -0.39 is 0 Å². The van der Waals surface area contributed by atoms with Crippen LogP contribution in [0.1, 0.15) is 19.3 Å². The number of carbonyl (C=O) groups is 1. The van der Waals surface area contributed by atoms with Gasteiger partial charge in [0.15, 0.2) is 0 Å². The van der Waals surface area contributed by atoms with Crippen LogP contribution in [-0.2, 0) is 4.79 Å². The van der Waals surface area contributed by atoms with Gasteiger partial charge >= 0.3 is 0 Å². The Kier molecular flexibility index (Phi) is 4.68. The number of carbonyl (C=O) groups excluding carboxylic acids is 1. The highest BCUT2D eigenvalue weighted by molar-refractivity contribution is 14.1. The second-order valence-corrected chi connectivity index (χ2v) is 5.74. The fourth-order valence-corrected chi connectivity index (χ4v) is 2.64. The molecule has 0 radical (unpaired) electrons. The Hall–Kier alpha value is -0.980. The zero-order valence-corrected chi connectivity index (χ0v) is 12.4. The first kappa shape index (κ1) is 13.5. The fraction of sp³-hybridized carbons (Fsp3) is 0.462. The van der Waals surface area contributed by atoms with Crippen LogP contribution in [0.3, 0.4) is 0 Å². The summed E-state index contributed by atoms with van der Waals surface area (Å²) in [7, 11) is 0. The SMILES string of the molecule is Nc1cc(I)ccc1NCCC(=O)N1CCCC1. The van der Waals surface area contributed by atoms with E-state index in [1.165, 1.54) is 0 Å². The number of nitrogens with one attached hydrogen (secondary N) is 1. The minimum absolute atomic E-state index is 0.240. The molecule has 1 saturated heterocycles. The van der Waals surface area contributed by atoms with Crippen molar-refractivity contribution in [3.05, 3.63) is 21.8 Å². The first-order valence-electron chi connectivity index (χ1n) is 6.23. The van der Waals surface area contributed by atoms with Gasteiger partial charge in [0.25, 0.3) is 0 Å². The molecule has 1 heterocycles. The van der Waals surface area contributed by atoms with Crippen molar-refractivity contribution in [1.82, 2.24) is 4.90 Å². The Bertz CT molecular complexity index is 430. The lowest BCUT2D eigenvalue weighted by molar-refractivity contribution is -0.129. The van der Waals surface area contributed by atoms with Crippen LogP contribution < -0.4 is 11.1 Å². The molecule has 1 aliphatic rings. The van der Waals surface area contributed by atoms with Crippen LogP contribution in [0.5, 0.6) is 0 Å². The quantitative estimate of drug-likeness (QED) is 0.641. The van der Waals surface area contributed by atoms with E-state index in [9.17, 15) is 4.79 Å². The maximum Gasteiger partial charge on any atom is 0.224 e. The molecule has 1 amide bonds. The van der Waals surface area contributed by atoms with E-state index in [1.807, 2.05) is 23.1 Å². The lowest BCUT2D eigenvalue weighted by Gasteiger charge is -2.16. The molecule has 4 nitrogen and oxygen atoms in total. The lowest BCUT2D eigenvalue weighted by atomic mass is 10.2. The third kappa shape index (κ3) is 3.51. The van der Waals surface area contributed by atoms with Gasteiger partial charge < -0.3 is 16.0 Å². The van der Waals surface area contributed by atoms with Gasteiger partial charge in [-0.2, -0.15) is 0 Å². The number of anilines is 2. The Balaban J connectivity index is 1.79. The summed E-state index contributed by atoms with van der Waals surface area (Å²) in [4.78, 5) is 13.8. The van der Waals surface area contributed by atoms with Crippen LogP contribution in [0, 0.1) is 3.57 Å². The van der Waals surface area contributed by atoms with Crippen molar-refractivity contribution >= 4 is 39.9 Å². The molecule has 1 fully saturated rings. The molecule has 98 valence electrons. The second-order valence-electron chi connectivity index (χ2n) is 4.50. The summed E-state index contributed by atoms with van der Waals surface area (Å²) in [6, 6.07) is 5.88. The predicted molar refractivity (Wildman–Crippen MR) is 82.5 cm³/mol. The molecule has 0 atom stereocenters. The molecule has 3 N–H and O–H groups in total. The van der Waals surface area contributed by atoms with Gasteiger partial charge in [-0.3, -0.25) is 4.79 Å². The average Bonchev–Trinajstić information content (AvgIpc) is 2.85. The van der Waals surface area contributed by atoms with Crippen molar-refractivity contribution in [3.63, 3.8) is 0 Å². The summed E-state index contributed by atoms with van der Waals surface area (Å²) in [5, 5.41) is 3.22. The van der Waals surface area contributed by atoms with Crippen molar-refractivity contribution in [2.75, 3.05) is 30.7 Å². The zero-order chi connectivity index (χ0) is 13.0. The number of nitrogens with two attached hydrogens (primary N) is 1. The van der Waals surface area contributed by atoms with E-state index in [0.717, 1.165) is 40.9 Å². The summed E-state index contributed by atoms with van der Waals surface area (Å²) in [6.45, 7) is 2.48. The zero-order valence-electron chi connectivity index (χ0n) is 10.3. The Morgan fingerprint density at radius 1 is 1.39 bits per heavy atom. The highest BCUT2D eigenvalue weighted by atomic mass is 127. The molecule has 0 aliphatic carbocycles. The molecule has 2 rings (SSSR count). The van der Waals surface area contributed by atoms with E-state index >= 15 is 0 Å². The minimum atomic E-state index is 0.240. The summed E-state index contributed by atoms with van der Waals surface area (Å²) in [5.74, 6) is 0.240. The first-order chi connectivity index (χ1) is 8.66. The molecule has 1 aromatic carbocycles. The Labute approximate surface area is 121 Å². The van der Waals surface area contributed by atoms with Crippen molar-refractivity contribution < 1.29 is 4.79 Å². The molecule has 0 unspecified atom stereocenters. The van der Waals surface area contributed by atoms with E-state index in [0.29, 0.717) is 13.0 Å². The highest BCUT2D eigenvalue weighted by Crippen LogP contribution is 2.20. The van der Waals surface area contributed by atoms with Gasteiger partial charge in [0.2, 0.25) is 5.91 Å². The summed E-state index contributed by atoms with van der Waals surface area (Å²) >= 11 is 2.23. The molecule has 0 aromatic heterocycles. The van der Waals surface area contributed by atoms with Crippen molar-refractivity contribution in [2.24, 2.45) is 0 Å². The average molecular weight is 359 g/mol. The standard InChI is InChI=1S/C13H18IN3O/c14-10-3-4-12(11(15)9-10)16-6-5-13(18)17-7-1-2-8-17/h3-4,9,16H,1-2,5-8,15H2. The number of likely N-dealkylation sites (tertiary alicyclic amines) is 1. The second kappa shape index (κ2) is 6.26. The Morgan fingerprint density at radius 2 is 2.11 bits per heavy atom. The van der Waals surface area contributed by atoms with Crippen LogP contribution >= 0.6 is 22.6 Å². The highest BCUT2D eigenvalue weighted by Gasteiger charge is 2.16. The molecule has 0 spiro atoms. The largest absolute Gasteiger partial charge is 0.397 e. The van der Waals surface area contributed by atoms with Gasteiger partial charge in [-0.15, -0.1) is 0 Å². The van der Waals surface area contributed by atoms with Gasteiger partial charge in [-0.25, -0.2) is 0 Å². The normalized spacial score (nSPS) is 14.8. The van der Waals surface area contributed by atoms with Crippen LogP contribution in [0.4, 0.5) is 11.4 Å². The summed E-state index contributed by atoms with van der Waals surface area (Å²) in [5.41, 5.74) is 7.54. The molecular weight excluding hydrogens is 341 g/mol. The van der Waals surface area contributed by atoms with E-state index in [1.54, 1.807) is 0 Å². The lowest BCUT2D eigenvalue weighted by Crippen LogP contribution is -2.29. The minimum Gasteiger partial charge on any atom is -0.397 e. The van der Waals surface area contributed by atoms with E-state index in [4.69, 9.17) is 5.73 Å². The number of rotatable bonds is 4. The maximum atomic E-state index is 11.8. The van der Waals surface area contributed by atoms with Gasteiger partial charge in [0.1, 0.15) is 0 Å². The van der Waals surface area contributed by atoms with Gasteiger partial charge in [0.05, 0.1) is 11.4 Å². The summed E-state index contributed by atoms with van der Waals surface area (Å²) in [6.07, 6.45) is 2.82. The number of halogens is 1. The smallest absolute Gasteiger partial charge is 0.224 e. The molecule has 1 aromatic rings. The number of nitrogen functional groups attached to an aromatic ring is 1. The number of nitrogens with zero attached hydrogens (tertiary/aromatic N) is 1. The number of hydrogen-bond acceptors (Lipinski definition) is 3. The van der Waals surface area contributed by atoms with Crippen molar-refractivity contribution in [3.8, 4) is 0 Å². The molecule has 18 heavy (non-hydrogen) atoms. The van der Waals surface area contributed by atoms with Crippen LogP contribution in [0.15, 0.2) is 18.2 Å². The van der Waals surface area contributed by atoms with Gasteiger partial charge in [-0.05, 0) is 53.6 Å². The Morgan fingerprint density at radius 3 is 2.78 bits per heavy atom. The van der Waals surface area contributed by atoms with Crippen LogP contribution in [0.25, 0.3) is 0 Å². The molecule has 1 aliphatic heterocycles. The number of amides is 1. The predicted octanol–water partition coefficient (Wildman–Crippen LogP) is 2.30. The van der Waals surface area contributed by atoms with Crippen molar-refractivity contribution in [2.45, 2.75) is 19.3 Å². The first-order valence-corrected chi connectivity index (χ1v) is 7.31.